The maximum absolute atomic E-state index is 12.2. The Labute approximate surface area is 149 Å². The van der Waals surface area contributed by atoms with E-state index < -0.39 is 10.8 Å². The summed E-state index contributed by atoms with van der Waals surface area (Å²) in [7, 11) is -1.46. The van der Waals surface area contributed by atoms with Crippen molar-refractivity contribution in [1.82, 2.24) is 0 Å². The van der Waals surface area contributed by atoms with Gasteiger partial charge in [0.2, 0.25) is 0 Å². The van der Waals surface area contributed by atoms with Gasteiger partial charge in [-0.05, 0) is 56.1 Å². The van der Waals surface area contributed by atoms with Crippen LogP contribution in [0.2, 0.25) is 10.0 Å². The fraction of sp³-hybridized carbons (Fsp3) is 0.0833. The highest BCUT2D eigenvalue weighted by Gasteiger charge is 2.17. The predicted molar refractivity (Wildman–Crippen MR) is 91.8 cm³/mol. The average molecular weight is 477 g/mol. The number of Topliss-reactive ketones (excluding diaryl/α,β-unsaturated/α-hetero) is 1. The van der Waals surface area contributed by atoms with Gasteiger partial charge in [-0.25, -0.2) is 0 Å². The van der Waals surface area contributed by atoms with Gasteiger partial charge in [0.15, 0.2) is 5.78 Å². The fourth-order valence-corrected chi connectivity index (χ4v) is 5.68. The van der Waals surface area contributed by atoms with E-state index in [1.54, 1.807) is 18.2 Å². The van der Waals surface area contributed by atoms with Gasteiger partial charge in [-0.1, -0.05) is 23.2 Å². The molecule has 106 valence electrons. The second-order valence-electron chi connectivity index (χ2n) is 3.73. The van der Waals surface area contributed by atoms with Crippen molar-refractivity contribution in [3.05, 3.63) is 47.4 Å². The highest BCUT2D eigenvalue weighted by molar-refractivity contribution is 9.12. The molecule has 0 bridgehead atoms. The minimum absolute atomic E-state index is 0.0975. The summed E-state index contributed by atoms with van der Waals surface area (Å²) in [6.45, 7) is 0. The Morgan fingerprint density at radius 3 is 2.45 bits per heavy atom. The number of carbonyl (C=O) groups excluding carboxylic acids is 1. The summed E-state index contributed by atoms with van der Waals surface area (Å²) in [5.74, 6) is -0.289. The monoisotopic (exact) mass is 474 g/mol. The van der Waals surface area contributed by atoms with Crippen LogP contribution in [-0.4, -0.2) is 15.7 Å². The van der Waals surface area contributed by atoms with Crippen molar-refractivity contribution >= 4 is 83.0 Å². The molecule has 0 saturated carbocycles. The molecule has 0 saturated heterocycles. The molecule has 0 N–H and O–H groups in total. The molecule has 1 unspecified atom stereocenters. The minimum Gasteiger partial charge on any atom is -0.293 e. The first-order chi connectivity index (χ1) is 9.38. The molecule has 0 aliphatic rings. The molecular formula is C12H6Br2Cl2O2S2. The number of thiophene rings is 1. The Morgan fingerprint density at radius 1 is 1.20 bits per heavy atom. The number of benzene rings is 1. The van der Waals surface area contributed by atoms with E-state index in [0.29, 0.717) is 20.5 Å². The lowest BCUT2D eigenvalue weighted by Gasteiger charge is -2.03. The number of halogens is 4. The normalized spacial score (nSPS) is 12.4. The molecule has 20 heavy (non-hydrogen) atoms. The molecule has 0 aliphatic heterocycles. The third kappa shape index (κ3) is 3.93. The first-order valence-corrected chi connectivity index (χ1v) is 9.67. The fourth-order valence-electron chi connectivity index (χ4n) is 1.43. The van der Waals surface area contributed by atoms with Crippen LogP contribution in [0.5, 0.6) is 0 Å². The van der Waals surface area contributed by atoms with E-state index >= 15 is 0 Å². The van der Waals surface area contributed by atoms with Crippen LogP contribution in [0.15, 0.2) is 36.7 Å². The molecule has 1 atom stereocenters. The van der Waals surface area contributed by atoms with Crippen LogP contribution in [0, 0.1) is 0 Å². The van der Waals surface area contributed by atoms with E-state index in [2.05, 4.69) is 31.9 Å². The van der Waals surface area contributed by atoms with Gasteiger partial charge in [-0.2, -0.15) is 0 Å². The third-order valence-electron chi connectivity index (χ3n) is 2.37. The van der Waals surface area contributed by atoms with E-state index in [9.17, 15) is 9.00 Å². The largest absolute Gasteiger partial charge is 0.293 e. The Balaban J connectivity index is 2.17. The van der Waals surface area contributed by atoms with Gasteiger partial charge >= 0.3 is 0 Å². The average Bonchev–Trinajstić information content (AvgIpc) is 2.71. The van der Waals surface area contributed by atoms with Crippen LogP contribution in [0.1, 0.15) is 10.4 Å². The van der Waals surface area contributed by atoms with Crippen molar-refractivity contribution in [2.45, 2.75) is 4.90 Å². The quantitative estimate of drug-likeness (QED) is 0.540. The zero-order chi connectivity index (χ0) is 14.9. The van der Waals surface area contributed by atoms with Crippen molar-refractivity contribution in [3.8, 4) is 0 Å². The summed E-state index contributed by atoms with van der Waals surface area (Å²) in [6.07, 6.45) is 0. The molecule has 2 nitrogen and oxygen atoms in total. The maximum atomic E-state index is 12.2. The van der Waals surface area contributed by atoms with Crippen molar-refractivity contribution < 1.29 is 9.00 Å². The number of hydrogen-bond acceptors (Lipinski definition) is 3. The zero-order valence-electron chi connectivity index (χ0n) is 9.66. The van der Waals surface area contributed by atoms with Crippen LogP contribution in [0.4, 0.5) is 0 Å². The number of hydrogen-bond donors (Lipinski definition) is 0. The molecule has 0 fully saturated rings. The van der Waals surface area contributed by atoms with Crippen molar-refractivity contribution in [2.75, 3.05) is 5.75 Å². The van der Waals surface area contributed by atoms with Gasteiger partial charge in [0, 0.05) is 10.5 Å². The lowest BCUT2D eigenvalue weighted by atomic mass is 10.2. The predicted octanol–water partition coefficient (Wildman–Crippen LogP) is 5.57. The molecule has 0 aliphatic carbocycles. The Kier molecular flexibility index (Phi) is 5.85. The molecule has 2 rings (SSSR count). The van der Waals surface area contributed by atoms with Crippen molar-refractivity contribution in [1.29, 1.82) is 0 Å². The van der Waals surface area contributed by atoms with E-state index in [4.69, 9.17) is 23.2 Å². The summed E-state index contributed by atoms with van der Waals surface area (Å²) < 4.78 is 13.7. The van der Waals surface area contributed by atoms with Crippen LogP contribution < -0.4 is 0 Å². The minimum atomic E-state index is -1.46. The summed E-state index contributed by atoms with van der Waals surface area (Å²) in [5, 5.41) is 0.715. The van der Waals surface area contributed by atoms with E-state index in [-0.39, 0.29) is 11.5 Å². The van der Waals surface area contributed by atoms with Crippen LogP contribution in [-0.2, 0) is 10.8 Å². The second kappa shape index (κ2) is 7.03. The first kappa shape index (κ1) is 16.6. The summed E-state index contributed by atoms with van der Waals surface area (Å²) in [5.41, 5.74) is 0.523. The standard InChI is InChI=1S/C12H6Br2Cl2O2S2/c13-11-4-7(12(14)19-11)10(17)5-20(18)6-1-2-8(15)9(16)3-6/h1-4H,5H2. The second-order valence-corrected chi connectivity index (χ2v) is 9.74. The van der Waals surface area contributed by atoms with Crippen molar-refractivity contribution in [2.24, 2.45) is 0 Å². The van der Waals surface area contributed by atoms with Crippen LogP contribution in [0.25, 0.3) is 0 Å². The SMILES string of the molecule is O=C(CS(=O)c1ccc(Cl)c(Cl)c1)c1cc(Br)sc1Br. The molecule has 0 amide bonds. The van der Waals surface area contributed by atoms with E-state index in [0.717, 1.165) is 7.57 Å². The molecule has 0 spiro atoms. The maximum Gasteiger partial charge on any atom is 0.177 e. The van der Waals surface area contributed by atoms with Crippen LogP contribution in [0.3, 0.4) is 0 Å². The number of ketones is 1. The topological polar surface area (TPSA) is 34.1 Å². The molecule has 0 radical (unpaired) electrons. The summed E-state index contributed by atoms with van der Waals surface area (Å²) in [6, 6.07) is 6.41. The van der Waals surface area contributed by atoms with Gasteiger partial charge in [0.1, 0.15) is 0 Å². The Morgan fingerprint density at radius 2 is 1.90 bits per heavy atom. The summed E-state index contributed by atoms with van der Waals surface area (Å²) in [4.78, 5) is 12.6. The van der Waals surface area contributed by atoms with E-state index in [1.165, 1.54) is 17.4 Å². The molecule has 1 aromatic heterocycles. The molecule has 1 aromatic carbocycles. The van der Waals surface area contributed by atoms with Crippen LogP contribution >= 0.6 is 66.4 Å². The molecular weight excluding hydrogens is 471 g/mol. The van der Waals surface area contributed by atoms with Gasteiger partial charge < -0.3 is 0 Å². The number of carbonyl (C=O) groups is 1. The molecule has 8 heteroatoms. The first-order valence-electron chi connectivity index (χ1n) is 5.20. The smallest absolute Gasteiger partial charge is 0.177 e. The summed E-state index contributed by atoms with van der Waals surface area (Å²) >= 11 is 19.7. The van der Waals surface area contributed by atoms with Gasteiger partial charge in [-0.15, -0.1) is 11.3 Å². The third-order valence-corrected chi connectivity index (χ3v) is 6.76. The van der Waals surface area contributed by atoms with E-state index in [1.807, 2.05) is 0 Å². The van der Waals surface area contributed by atoms with Gasteiger partial charge in [0.25, 0.3) is 0 Å². The zero-order valence-corrected chi connectivity index (χ0v) is 16.0. The lowest BCUT2D eigenvalue weighted by molar-refractivity contribution is 0.102. The number of rotatable bonds is 4. The van der Waals surface area contributed by atoms with Gasteiger partial charge in [0.05, 0.1) is 34.2 Å². The highest BCUT2D eigenvalue weighted by Crippen LogP contribution is 2.32. The Hall–Kier alpha value is 0.280. The molecule has 1 heterocycles. The highest BCUT2D eigenvalue weighted by atomic mass is 79.9. The van der Waals surface area contributed by atoms with Gasteiger partial charge in [-0.3, -0.25) is 9.00 Å². The molecule has 2 aromatic rings. The Bertz CT molecular complexity index is 701. The lowest BCUT2D eigenvalue weighted by Crippen LogP contribution is -2.10. The van der Waals surface area contributed by atoms with Crippen molar-refractivity contribution in [3.63, 3.8) is 0 Å².